The molecule has 0 saturated carbocycles. The lowest BCUT2D eigenvalue weighted by Gasteiger charge is -2.27. The van der Waals surface area contributed by atoms with E-state index >= 15 is 0 Å². The van der Waals surface area contributed by atoms with E-state index in [4.69, 9.17) is 13.8 Å². The van der Waals surface area contributed by atoms with Crippen molar-refractivity contribution in [3.63, 3.8) is 0 Å². The molecule has 10 heteroatoms. The first-order valence-corrected chi connectivity index (χ1v) is 31.1. The SMILES string of the molecule is CC\C=C/C=C/C=C/C=C\C=C\C=C\CCCCCC(=O)NC(COP(=O)(O)OCC[N+](C)(C)C)C(/C=C/CCCCCCCCCCCCC)OC(=O)CCCCC/C=C\C/C=C\C/C=C\C/C=C\CCCCC. The van der Waals surface area contributed by atoms with Gasteiger partial charge in [-0.3, -0.25) is 18.6 Å². The molecular weight excluding hydrogens is 952 g/mol. The number of unbranched alkanes of at least 4 members (excludes halogenated alkanes) is 20. The molecule has 1 amide bonds. The second-order valence-electron chi connectivity index (χ2n) is 20.6. The minimum absolute atomic E-state index is 0.0176. The van der Waals surface area contributed by atoms with Crippen LogP contribution in [-0.2, 0) is 27.9 Å². The van der Waals surface area contributed by atoms with Gasteiger partial charge in [0, 0.05) is 12.8 Å². The molecule has 0 radical (unpaired) electrons. The minimum Gasteiger partial charge on any atom is -0.456 e. The molecule has 0 aliphatic heterocycles. The molecule has 3 atom stereocenters. The number of nitrogens with one attached hydrogen (secondary N) is 1. The normalized spacial score (nSPS) is 14.7. The van der Waals surface area contributed by atoms with Crippen molar-refractivity contribution in [2.75, 3.05) is 40.9 Å². The summed E-state index contributed by atoms with van der Waals surface area (Å²) >= 11 is 0. The topological polar surface area (TPSA) is 111 Å². The molecule has 2 N–H and O–H groups in total. The molecule has 0 rings (SSSR count). The van der Waals surface area contributed by atoms with E-state index in [1.165, 1.54) is 83.5 Å². The second kappa shape index (κ2) is 53.5. The highest BCUT2D eigenvalue weighted by Crippen LogP contribution is 2.43. The first kappa shape index (κ1) is 71.2. The molecule has 0 fully saturated rings. The Hall–Kier alpha value is -3.85. The van der Waals surface area contributed by atoms with E-state index in [0.29, 0.717) is 23.9 Å². The molecular formula is C65H110N2O7P+. The number of rotatable bonds is 51. The number of ether oxygens (including phenoxy) is 1. The largest absolute Gasteiger partial charge is 0.472 e. The summed E-state index contributed by atoms with van der Waals surface area (Å²) in [6.07, 6.45) is 75.9. The lowest BCUT2D eigenvalue weighted by molar-refractivity contribution is -0.870. The number of phosphoric acid groups is 1. The number of likely N-dealkylation sites (N-methyl/N-ethyl adjacent to an activating group) is 1. The van der Waals surface area contributed by atoms with Crippen LogP contribution in [0.15, 0.2) is 134 Å². The summed E-state index contributed by atoms with van der Waals surface area (Å²) in [4.78, 5) is 37.6. The van der Waals surface area contributed by atoms with Crippen LogP contribution in [-0.4, -0.2) is 74.3 Å². The molecule has 0 spiro atoms. The van der Waals surface area contributed by atoms with Crippen LogP contribution in [0.3, 0.4) is 0 Å². The first-order valence-electron chi connectivity index (χ1n) is 29.6. The third-order valence-corrected chi connectivity index (χ3v) is 13.2. The molecule has 9 nitrogen and oxygen atoms in total. The van der Waals surface area contributed by atoms with Crippen LogP contribution in [0.5, 0.6) is 0 Å². The highest BCUT2D eigenvalue weighted by Gasteiger charge is 2.30. The fourth-order valence-electron chi connectivity index (χ4n) is 7.66. The summed E-state index contributed by atoms with van der Waals surface area (Å²) in [6.45, 7) is 6.75. The van der Waals surface area contributed by atoms with E-state index in [1.807, 2.05) is 94.1 Å². The molecule has 0 bridgehead atoms. The molecule has 0 aromatic rings. The van der Waals surface area contributed by atoms with Gasteiger partial charge < -0.3 is 19.4 Å². The molecule has 0 saturated heterocycles. The van der Waals surface area contributed by atoms with Crippen molar-refractivity contribution in [2.45, 2.75) is 226 Å². The Labute approximate surface area is 460 Å². The lowest BCUT2D eigenvalue weighted by Crippen LogP contribution is -2.47. The Balaban J connectivity index is 5.51. The summed E-state index contributed by atoms with van der Waals surface area (Å²) in [7, 11) is 1.42. The van der Waals surface area contributed by atoms with Crippen molar-refractivity contribution in [3.8, 4) is 0 Å². The zero-order valence-electron chi connectivity index (χ0n) is 48.5. The summed E-state index contributed by atoms with van der Waals surface area (Å²) in [5, 5.41) is 3.01. The minimum atomic E-state index is -4.48. The van der Waals surface area contributed by atoms with Crippen molar-refractivity contribution in [2.24, 2.45) is 0 Å². The second-order valence-corrected chi connectivity index (χ2v) is 22.0. The van der Waals surface area contributed by atoms with Crippen LogP contribution in [0.25, 0.3) is 0 Å². The van der Waals surface area contributed by atoms with Gasteiger partial charge in [0.15, 0.2) is 0 Å². The van der Waals surface area contributed by atoms with E-state index in [2.05, 4.69) is 86.8 Å². The third kappa shape index (κ3) is 54.7. The van der Waals surface area contributed by atoms with Crippen molar-refractivity contribution in [1.82, 2.24) is 5.32 Å². The third-order valence-electron chi connectivity index (χ3n) is 12.2. The van der Waals surface area contributed by atoms with Crippen molar-refractivity contribution in [1.29, 1.82) is 0 Å². The zero-order valence-corrected chi connectivity index (χ0v) is 49.4. The first-order chi connectivity index (χ1) is 36.4. The van der Waals surface area contributed by atoms with Crippen LogP contribution in [0.4, 0.5) is 0 Å². The van der Waals surface area contributed by atoms with E-state index < -0.39 is 20.0 Å². The number of allylic oxidation sites excluding steroid dienone is 21. The molecule has 0 heterocycles. The molecule has 0 aliphatic rings. The summed E-state index contributed by atoms with van der Waals surface area (Å²) < 4.78 is 30.6. The zero-order chi connectivity index (χ0) is 55.0. The monoisotopic (exact) mass is 1060 g/mol. The van der Waals surface area contributed by atoms with Gasteiger partial charge in [0.25, 0.3) is 0 Å². The molecule has 3 unspecified atom stereocenters. The smallest absolute Gasteiger partial charge is 0.456 e. The molecule has 75 heavy (non-hydrogen) atoms. The highest BCUT2D eigenvalue weighted by molar-refractivity contribution is 7.47. The predicted molar refractivity (Wildman–Crippen MR) is 323 cm³/mol. The van der Waals surface area contributed by atoms with Crippen LogP contribution >= 0.6 is 7.82 Å². The van der Waals surface area contributed by atoms with Crippen molar-refractivity contribution < 1.29 is 37.3 Å². The number of esters is 1. The van der Waals surface area contributed by atoms with Crippen LogP contribution in [0, 0.1) is 0 Å². The van der Waals surface area contributed by atoms with Gasteiger partial charge in [-0.2, -0.15) is 0 Å². The number of quaternary nitrogens is 1. The van der Waals surface area contributed by atoms with Crippen LogP contribution in [0.2, 0.25) is 0 Å². The van der Waals surface area contributed by atoms with E-state index in [0.717, 1.165) is 83.5 Å². The lowest BCUT2D eigenvalue weighted by atomic mass is 10.0. The average Bonchev–Trinajstić information content (AvgIpc) is 3.37. The van der Waals surface area contributed by atoms with Gasteiger partial charge in [-0.25, -0.2) is 4.57 Å². The number of hydrogen-bond donors (Lipinski definition) is 2. The Bertz CT molecular complexity index is 1740. The van der Waals surface area contributed by atoms with Crippen molar-refractivity contribution >= 4 is 19.7 Å². The molecule has 0 aromatic carbocycles. The van der Waals surface area contributed by atoms with Gasteiger partial charge in [0.1, 0.15) is 19.3 Å². The fourth-order valence-corrected chi connectivity index (χ4v) is 8.39. The van der Waals surface area contributed by atoms with Crippen LogP contribution in [0.1, 0.15) is 213 Å². The summed E-state index contributed by atoms with van der Waals surface area (Å²) in [6, 6.07) is -0.895. The van der Waals surface area contributed by atoms with E-state index in [9.17, 15) is 19.0 Å². The fraction of sp³-hybridized carbons (Fsp3) is 0.631. The maximum atomic E-state index is 13.5. The number of carbonyl (C=O) groups is 2. The van der Waals surface area contributed by atoms with Gasteiger partial charge in [0.05, 0.1) is 33.8 Å². The number of amides is 1. The quantitative estimate of drug-likeness (QED) is 0.0156. The van der Waals surface area contributed by atoms with E-state index in [-0.39, 0.29) is 37.9 Å². The maximum absolute atomic E-state index is 13.5. The molecule has 0 aromatic heterocycles. The predicted octanol–water partition coefficient (Wildman–Crippen LogP) is 18.1. The Morgan fingerprint density at radius 2 is 0.907 bits per heavy atom. The highest BCUT2D eigenvalue weighted by atomic mass is 31.2. The van der Waals surface area contributed by atoms with E-state index in [1.54, 1.807) is 0 Å². The number of phosphoric ester groups is 1. The standard InChI is InChI=1S/C65H109N2O7P/c1-7-10-13-16-19-22-25-28-30-32-33-35-37-40-43-46-49-52-55-58-65(69)74-63(56-53-50-47-44-41-38-27-24-21-18-15-12-9-3)62(61-73-75(70,71)72-60-59-67(4,5)6)66-64(68)57-54-51-48-45-42-39-36-34-31-29-26-23-20-17-14-11-8-2/h11,14,17,19-20,22-23,26,28-31,33-36,39-40,42-43,53,56,62-63H,7-10,12-13,15-16,18,21,24-25,27,32,37-38,41,44-52,54-55,57-61H2,1-6H3,(H-,66,68,70,71)/p+1/b14-11-,20-17+,22-19-,26-23+,30-28-,31-29-,35-33-,36-34+,42-39+,43-40-,56-53+. The van der Waals surface area contributed by atoms with Gasteiger partial charge in [-0.15, -0.1) is 0 Å². The van der Waals surface area contributed by atoms with Gasteiger partial charge >= 0.3 is 13.8 Å². The van der Waals surface area contributed by atoms with Gasteiger partial charge in [-0.05, 0) is 96.0 Å². The Kier molecular flexibility index (Phi) is 50.8. The average molecular weight is 1060 g/mol. The Morgan fingerprint density at radius 3 is 1.43 bits per heavy atom. The van der Waals surface area contributed by atoms with Crippen LogP contribution < -0.4 is 5.32 Å². The van der Waals surface area contributed by atoms with Crippen molar-refractivity contribution in [3.05, 3.63) is 134 Å². The van der Waals surface area contributed by atoms with Gasteiger partial charge in [0.2, 0.25) is 5.91 Å². The number of hydrogen-bond acceptors (Lipinski definition) is 6. The summed E-state index contributed by atoms with van der Waals surface area (Å²) in [5.41, 5.74) is 0. The number of carbonyl (C=O) groups excluding carboxylic acids is 2. The molecule has 426 valence electrons. The molecule has 0 aliphatic carbocycles. The van der Waals surface area contributed by atoms with Gasteiger partial charge in [-0.1, -0.05) is 238 Å². The summed E-state index contributed by atoms with van der Waals surface area (Å²) in [5.74, 6) is -0.604. The Morgan fingerprint density at radius 1 is 0.493 bits per heavy atom. The maximum Gasteiger partial charge on any atom is 0.472 e. The number of nitrogens with zero attached hydrogens (tertiary/aromatic N) is 1.